The van der Waals surface area contributed by atoms with E-state index in [0.29, 0.717) is 6.10 Å². The van der Waals surface area contributed by atoms with Gasteiger partial charge in [0.15, 0.2) is 0 Å². The zero-order chi connectivity index (χ0) is 17.1. The van der Waals surface area contributed by atoms with Crippen LogP contribution in [0.5, 0.6) is 5.75 Å². The number of carbonyl (C=O) groups excluding carboxylic acids is 1. The second-order valence-corrected chi connectivity index (χ2v) is 7.99. The van der Waals surface area contributed by atoms with Crippen molar-refractivity contribution in [2.45, 2.75) is 37.2 Å². The molecule has 1 amide bonds. The summed E-state index contributed by atoms with van der Waals surface area (Å²) in [5.74, 6) is 3.12. The van der Waals surface area contributed by atoms with Crippen LogP contribution >= 0.6 is 11.8 Å². The molecule has 0 spiro atoms. The molecule has 2 aromatic rings. The van der Waals surface area contributed by atoms with Crippen LogP contribution in [0.4, 0.5) is 5.69 Å². The van der Waals surface area contributed by atoms with Gasteiger partial charge in [0.25, 0.3) is 0 Å². The number of carbonyl (C=O) groups is 1. The first-order chi connectivity index (χ1) is 12.3. The van der Waals surface area contributed by atoms with E-state index in [1.807, 2.05) is 54.2 Å². The van der Waals surface area contributed by atoms with Crippen molar-refractivity contribution in [3.63, 3.8) is 0 Å². The molecule has 0 aromatic heterocycles. The zero-order valence-corrected chi connectivity index (χ0v) is 15.1. The number of amides is 1. The molecule has 0 radical (unpaired) electrons. The number of anilines is 1. The second kappa shape index (κ2) is 7.12. The molecule has 0 unspecified atom stereocenters. The smallest absolute Gasteiger partial charge is 0.235 e. The number of thioether (sulfide) groups is 1. The van der Waals surface area contributed by atoms with Crippen LogP contribution in [0.3, 0.4) is 0 Å². The molecular weight excluding hydrogens is 330 g/mol. The Hall–Kier alpha value is -1.94. The molecule has 2 aliphatic rings. The van der Waals surface area contributed by atoms with E-state index in [2.05, 4.69) is 17.4 Å². The van der Waals surface area contributed by atoms with Crippen LogP contribution in [0.15, 0.2) is 54.6 Å². The minimum Gasteiger partial charge on any atom is -0.489 e. The van der Waals surface area contributed by atoms with Crippen molar-refractivity contribution in [1.29, 1.82) is 0 Å². The van der Waals surface area contributed by atoms with E-state index in [1.54, 1.807) is 0 Å². The molecule has 4 rings (SSSR count). The molecular formula is C21H23NO2S. The lowest BCUT2D eigenvalue weighted by Gasteiger charge is -2.28. The second-order valence-electron chi connectivity index (χ2n) is 6.91. The van der Waals surface area contributed by atoms with Crippen molar-refractivity contribution in [3.05, 3.63) is 60.2 Å². The predicted molar refractivity (Wildman–Crippen MR) is 103 cm³/mol. The molecule has 1 saturated heterocycles. The Morgan fingerprint density at radius 1 is 1.00 bits per heavy atom. The predicted octanol–water partition coefficient (Wildman–Crippen LogP) is 4.63. The molecule has 1 heterocycles. The van der Waals surface area contributed by atoms with Crippen molar-refractivity contribution in [1.82, 2.24) is 0 Å². The Bertz CT molecular complexity index is 719. The molecule has 0 bridgehead atoms. The number of hydrogen-bond donors (Lipinski definition) is 1. The summed E-state index contributed by atoms with van der Waals surface area (Å²) in [5.41, 5.74) is 1.58. The summed E-state index contributed by atoms with van der Waals surface area (Å²) in [4.78, 5) is 13.1. The van der Waals surface area contributed by atoms with Crippen molar-refractivity contribution in [3.8, 4) is 5.75 Å². The van der Waals surface area contributed by atoms with Crippen LogP contribution < -0.4 is 10.1 Å². The summed E-state index contributed by atoms with van der Waals surface area (Å²) in [6.45, 7) is 0. The largest absolute Gasteiger partial charge is 0.489 e. The van der Waals surface area contributed by atoms with E-state index in [0.717, 1.165) is 54.2 Å². The third kappa shape index (κ3) is 3.40. The van der Waals surface area contributed by atoms with Gasteiger partial charge >= 0.3 is 0 Å². The van der Waals surface area contributed by atoms with Gasteiger partial charge in [-0.1, -0.05) is 43.2 Å². The van der Waals surface area contributed by atoms with Crippen molar-refractivity contribution in [2.24, 2.45) is 0 Å². The van der Waals surface area contributed by atoms with Gasteiger partial charge < -0.3 is 10.1 Å². The van der Waals surface area contributed by atoms with Crippen molar-refractivity contribution in [2.75, 3.05) is 16.8 Å². The van der Waals surface area contributed by atoms with Gasteiger partial charge in [0.1, 0.15) is 11.9 Å². The van der Waals surface area contributed by atoms with Gasteiger partial charge in [0.05, 0.1) is 5.41 Å². The highest BCUT2D eigenvalue weighted by molar-refractivity contribution is 8.00. The lowest BCUT2D eigenvalue weighted by Crippen LogP contribution is -2.37. The van der Waals surface area contributed by atoms with Gasteiger partial charge in [-0.05, 0) is 42.7 Å². The molecule has 1 aliphatic heterocycles. The van der Waals surface area contributed by atoms with Crippen molar-refractivity contribution >= 4 is 23.4 Å². The average molecular weight is 353 g/mol. The van der Waals surface area contributed by atoms with Crippen LogP contribution in [0.1, 0.15) is 31.2 Å². The van der Waals surface area contributed by atoms with Crippen LogP contribution in [0, 0.1) is 0 Å². The molecule has 130 valence electrons. The van der Waals surface area contributed by atoms with E-state index < -0.39 is 0 Å². The normalized spacial score (nSPS) is 19.2. The highest BCUT2D eigenvalue weighted by Crippen LogP contribution is 2.42. The summed E-state index contributed by atoms with van der Waals surface area (Å²) in [6.07, 6.45) is 4.39. The fraction of sp³-hybridized carbons (Fsp3) is 0.381. The first-order valence-electron chi connectivity index (χ1n) is 8.98. The standard InChI is InChI=1S/C21H23NO2S/c23-20(21(12-4-5-13-21)16-6-2-1-3-7-16)22-17-8-10-18(11-9-17)24-19-14-25-15-19/h1-3,6-11,19H,4-5,12-15H2,(H,22,23). The lowest BCUT2D eigenvalue weighted by atomic mass is 9.78. The van der Waals surface area contributed by atoms with Gasteiger partial charge in [-0.3, -0.25) is 4.79 Å². The molecule has 0 atom stereocenters. The van der Waals surface area contributed by atoms with E-state index in [1.165, 1.54) is 0 Å². The zero-order valence-electron chi connectivity index (χ0n) is 14.2. The van der Waals surface area contributed by atoms with Gasteiger partial charge in [-0.2, -0.15) is 11.8 Å². The fourth-order valence-corrected chi connectivity index (χ4v) is 4.29. The number of benzene rings is 2. The Balaban J connectivity index is 1.48. The molecule has 1 aliphatic carbocycles. The third-order valence-corrected chi connectivity index (χ3v) is 6.46. The van der Waals surface area contributed by atoms with Crippen LogP contribution in [-0.4, -0.2) is 23.5 Å². The van der Waals surface area contributed by atoms with Crippen LogP contribution in [0.25, 0.3) is 0 Å². The maximum Gasteiger partial charge on any atom is 0.235 e. The summed E-state index contributed by atoms with van der Waals surface area (Å²) in [6, 6.07) is 18.0. The van der Waals surface area contributed by atoms with E-state index in [4.69, 9.17) is 4.74 Å². The van der Waals surface area contributed by atoms with E-state index in [-0.39, 0.29) is 11.3 Å². The third-order valence-electron chi connectivity index (χ3n) is 5.24. The van der Waals surface area contributed by atoms with Crippen molar-refractivity contribution < 1.29 is 9.53 Å². The molecule has 4 heteroatoms. The van der Waals surface area contributed by atoms with E-state index in [9.17, 15) is 4.79 Å². The topological polar surface area (TPSA) is 38.3 Å². The minimum absolute atomic E-state index is 0.111. The molecule has 3 nitrogen and oxygen atoms in total. The highest BCUT2D eigenvalue weighted by atomic mass is 32.2. The summed E-state index contributed by atoms with van der Waals surface area (Å²) in [5, 5.41) is 3.13. The number of hydrogen-bond acceptors (Lipinski definition) is 3. The Kier molecular flexibility index (Phi) is 4.71. The highest BCUT2D eigenvalue weighted by Gasteiger charge is 2.42. The number of nitrogens with one attached hydrogen (secondary N) is 1. The fourth-order valence-electron chi connectivity index (χ4n) is 3.72. The van der Waals surface area contributed by atoms with Gasteiger partial charge in [0.2, 0.25) is 5.91 Å². The molecule has 1 saturated carbocycles. The monoisotopic (exact) mass is 353 g/mol. The van der Waals surface area contributed by atoms with E-state index >= 15 is 0 Å². The number of rotatable bonds is 5. The molecule has 25 heavy (non-hydrogen) atoms. The average Bonchev–Trinajstić information content (AvgIpc) is 3.11. The maximum atomic E-state index is 13.1. The quantitative estimate of drug-likeness (QED) is 0.851. The number of ether oxygens (including phenoxy) is 1. The van der Waals surface area contributed by atoms with Gasteiger partial charge in [-0.15, -0.1) is 0 Å². The minimum atomic E-state index is -0.389. The molecule has 2 aromatic carbocycles. The maximum absolute atomic E-state index is 13.1. The van der Waals surface area contributed by atoms with Gasteiger partial charge in [0, 0.05) is 17.2 Å². The Labute approximate surface area is 153 Å². The molecule has 1 N–H and O–H groups in total. The van der Waals surface area contributed by atoms with Crippen LogP contribution in [-0.2, 0) is 10.2 Å². The Morgan fingerprint density at radius 2 is 1.68 bits per heavy atom. The van der Waals surface area contributed by atoms with Gasteiger partial charge in [-0.25, -0.2) is 0 Å². The first-order valence-corrected chi connectivity index (χ1v) is 10.1. The summed E-state index contributed by atoms with van der Waals surface area (Å²) in [7, 11) is 0. The Morgan fingerprint density at radius 3 is 2.28 bits per heavy atom. The summed E-state index contributed by atoms with van der Waals surface area (Å²) >= 11 is 1.91. The lowest BCUT2D eigenvalue weighted by molar-refractivity contribution is -0.121. The SMILES string of the molecule is O=C(Nc1ccc(OC2CSC2)cc1)C1(c2ccccc2)CCCC1. The van der Waals surface area contributed by atoms with Crippen LogP contribution in [0.2, 0.25) is 0 Å². The first kappa shape index (κ1) is 16.5. The summed E-state index contributed by atoms with van der Waals surface area (Å²) < 4.78 is 5.87. The molecule has 2 fully saturated rings.